The van der Waals surface area contributed by atoms with E-state index in [1.54, 1.807) is 6.92 Å². The van der Waals surface area contributed by atoms with Gasteiger partial charge in [0.15, 0.2) is 0 Å². The molecule has 7 heteroatoms. The predicted molar refractivity (Wildman–Crippen MR) is 98.2 cm³/mol. The van der Waals surface area contributed by atoms with Crippen LogP contribution in [0.25, 0.3) is 0 Å². The van der Waals surface area contributed by atoms with Crippen LogP contribution in [-0.2, 0) is 15.1 Å². The van der Waals surface area contributed by atoms with Gasteiger partial charge in [0.25, 0.3) is 5.91 Å². The Balaban J connectivity index is 1.69. The average Bonchev–Trinajstić information content (AvgIpc) is 2.89. The highest BCUT2D eigenvalue weighted by Gasteiger charge is 2.51. The highest BCUT2D eigenvalue weighted by molar-refractivity contribution is 6.09. The van der Waals surface area contributed by atoms with Crippen LogP contribution in [0.1, 0.15) is 51.5 Å². The number of rotatable bonds is 5. The van der Waals surface area contributed by atoms with Gasteiger partial charge >= 0.3 is 6.03 Å². The number of amides is 4. The molecule has 3 rings (SSSR count). The van der Waals surface area contributed by atoms with Gasteiger partial charge in [-0.15, -0.1) is 0 Å². The van der Waals surface area contributed by atoms with Gasteiger partial charge in [-0.1, -0.05) is 26.0 Å². The lowest BCUT2D eigenvalue weighted by molar-refractivity contribution is -0.135. The number of imide groups is 1. The fourth-order valence-corrected chi connectivity index (χ4v) is 3.96. The number of nitrogens with one attached hydrogen (secondary N) is 2. The molecule has 0 spiro atoms. The third kappa shape index (κ3) is 3.82. The highest BCUT2D eigenvalue weighted by atomic mass is 19.1. The van der Waals surface area contributed by atoms with Gasteiger partial charge in [0.2, 0.25) is 5.91 Å². The molecule has 1 aromatic rings. The van der Waals surface area contributed by atoms with Crippen molar-refractivity contribution in [1.82, 2.24) is 15.5 Å². The Bertz CT molecular complexity index is 728. The lowest BCUT2D eigenvalue weighted by atomic mass is 9.87. The number of hydrogen-bond acceptors (Lipinski definition) is 3. The molecule has 1 heterocycles. The SMILES string of the molecule is CCC1(c2ccc(F)cc2)NC(=O)N(CC(=O)NC2CCC(C)CC2)C1=O. The lowest BCUT2D eigenvalue weighted by Gasteiger charge is -2.28. The van der Waals surface area contributed by atoms with E-state index < -0.39 is 23.3 Å². The van der Waals surface area contributed by atoms with Crippen LogP contribution in [0.15, 0.2) is 24.3 Å². The van der Waals surface area contributed by atoms with Crippen molar-refractivity contribution in [2.45, 2.75) is 57.5 Å². The number of benzene rings is 1. The molecule has 1 saturated heterocycles. The van der Waals surface area contributed by atoms with Crippen molar-refractivity contribution in [2.24, 2.45) is 5.92 Å². The number of carbonyl (C=O) groups excluding carboxylic acids is 3. The van der Waals surface area contributed by atoms with Gasteiger partial charge in [0.05, 0.1) is 0 Å². The summed E-state index contributed by atoms with van der Waals surface area (Å²) in [6, 6.07) is 4.99. The zero-order valence-electron chi connectivity index (χ0n) is 15.8. The van der Waals surface area contributed by atoms with E-state index in [1.165, 1.54) is 24.3 Å². The monoisotopic (exact) mass is 375 g/mol. The normalized spacial score (nSPS) is 28.2. The summed E-state index contributed by atoms with van der Waals surface area (Å²) >= 11 is 0. The summed E-state index contributed by atoms with van der Waals surface area (Å²) in [5, 5.41) is 5.64. The molecule has 1 saturated carbocycles. The van der Waals surface area contributed by atoms with Crippen molar-refractivity contribution in [1.29, 1.82) is 0 Å². The van der Waals surface area contributed by atoms with Crippen molar-refractivity contribution >= 4 is 17.8 Å². The van der Waals surface area contributed by atoms with Crippen molar-refractivity contribution < 1.29 is 18.8 Å². The maximum Gasteiger partial charge on any atom is 0.325 e. The van der Waals surface area contributed by atoms with E-state index in [0.29, 0.717) is 17.9 Å². The van der Waals surface area contributed by atoms with Crippen LogP contribution in [0.3, 0.4) is 0 Å². The van der Waals surface area contributed by atoms with Gasteiger partial charge in [-0.05, 0) is 55.7 Å². The molecule has 6 nitrogen and oxygen atoms in total. The number of halogens is 1. The Morgan fingerprint density at radius 1 is 1.22 bits per heavy atom. The fraction of sp³-hybridized carbons (Fsp3) is 0.550. The maximum absolute atomic E-state index is 13.2. The quantitative estimate of drug-likeness (QED) is 0.777. The van der Waals surface area contributed by atoms with Gasteiger partial charge in [0, 0.05) is 6.04 Å². The van der Waals surface area contributed by atoms with Crippen molar-refractivity contribution in [2.75, 3.05) is 6.54 Å². The fourth-order valence-electron chi connectivity index (χ4n) is 3.96. The Hall–Kier alpha value is -2.44. The molecular weight excluding hydrogens is 349 g/mol. The molecule has 2 fully saturated rings. The van der Waals surface area contributed by atoms with Gasteiger partial charge < -0.3 is 10.6 Å². The van der Waals surface area contributed by atoms with Gasteiger partial charge in [0.1, 0.15) is 17.9 Å². The van der Waals surface area contributed by atoms with Crippen LogP contribution >= 0.6 is 0 Å². The van der Waals surface area contributed by atoms with Crippen LogP contribution in [0.2, 0.25) is 0 Å². The van der Waals surface area contributed by atoms with Gasteiger partial charge in [-0.25, -0.2) is 9.18 Å². The van der Waals surface area contributed by atoms with E-state index in [1.807, 2.05) is 0 Å². The molecule has 0 bridgehead atoms. The van der Waals surface area contributed by atoms with E-state index in [4.69, 9.17) is 0 Å². The first-order chi connectivity index (χ1) is 12.9. The summed E-state index contributed by atoms with van der Waals surface area (Å²) in [4.78, 5) is 38.7. The average molecular weight is 375 g/mol. The third-order valence-corrected chi connectivity index (χ3v) is 5.73. The Morgan fingerprint density at radius 3 is 2.44 bits per heavy atom. The molecule has 0 aromatic heterocycles. The second kappa shape index (κ2) is 7.66. The first kappa shape index (κ1) is 19.3. The van der Waals surface area contributed by atoms with E-state index in [9.17, 15) is 18.8 Å². The summed E-state index contributed by atoms with van der Waals surface area (Å²) in [7, 11) is 0. The molecule has 1 unspecified atom stereocenters. The van der Waals surface area contributed by atoms with E-state index in [0.717, 1.165) is 30.6 Å². The van der Waals surface area contributed by atoms with Crippen LogP contribution in [-0.4, -0.2) is 35.3 Å². The van der Waals surface area contributed by atoms with E-state index in [-0.39, 0.29) is 18.5 Å². The summed E-state index contributed by atoms with van der Waals surface area (Å²) in [6.07, 6.45) is 4.28. The standard InChI is InChI=1S/C20H26FN3O3/c1-3-20(14-6-8-15(21)9-7-14)18(26)24(19(27)23-20)12-17(25)22-16-10-4-13(2)5-11-16/h6-9,13,16H,3-5,10-12H2,1-2H3,(H,22,25)(H,23,27). The minimum absolute atomic E-state index is 0.0995. The zero-order valence-corrected chi connectivity index (χ0v) is 15.8. The van der Waals surface area contributed by atoms with Crippen molar-refractivity contribution in [3.63, 3.8) is 0 Å². The lowest BCUT2D eigenvalue weighted by Crippen LogP contribution is -2.46. The number of carbonyl (C=O) groups is 3. The van der Waals surface area contributed by atoms with Gasteiger partial charge in [-0.2, -0.15) is 0 Å². The first-order valence-electron chi connectivity index (χ1n) is 9.55. The highest BCUT2D eigenvalue weighted by Crippen LogP contribution is 2.32. The third-order valence-electron chi connectivity index (χ3n) is 5.73. The van der Waals surface area contributed by atoms with Crippen LogP contribution in [0.5, 0.6) is 0 Å². The van der Waals surface area contributed by atoms with Crippen molar-refractivity contribution in [3.05, 3.63) is 35.6 Å². The van der Waals surface area contributed by atoms with Crippen LogP contribution in [0, 0.1) is 11.7 Å². The summed E-state index contributed by atoms with van der Waals surface area (Å²) in [6.45, 7) is 3.67. The summed E-state index contributed by atoms with van der Waals surface area (Å²) < 4.78 is 13.2. The Morgan fingerprint density at radius 2 is 1.85 bits per heavy atom. The molecule has 27 heavy (non-hydrogen) atoms. The minimum atomic E-state index is -1.26. The molecule has 4 amide bonds. The summed E-state index contributed by atoms with van der Waals surface area (Å²) in [5.41, 5.74) is -0.750. The Labute approximate surface area is 158 Å². The molecular formula is C20H26FN3O3. The molecule has 2 aliphatic rings. The topological polar surface area (TPSA) is 78.5 Å². The first-order valence-corrected chi connectivity index (χ1v) is 9.55. The van der Waals surface area contributed by atoms with Gasteiger partial charge in [-0.3, -0.25) is 14.5 Å². The van der Waals surface area contributed by atoms with Crippen LogP contribution in [0.4, 0.5) is 9.18 Å². The van der Waals surface area contributed by atoms with Crippen molar-refractivity contribution in [3.8, 4) is 0 Å². The molecule has 1 aromatic carbocycles. The zero-order chi connectivity index (χ0) is 19.6. The smallest absolute Gasteiger partial charge is 0.325 e. The predicted octanol–water partition coefficient (Wildman–Crippen LogP) is 2.68. The molecule has 1 atom stereocenters. The minimum Gasteiger partial charge on any atom is -0.352 e. The molecule has 2 N–H and O–H groups in total. The van der Waals surface area contributed by atoms with Crippen LogP contribution < -0.4 is 10.6 Å². The maximum atomic E-state index is 13.2. The molecule has 146 valence electrons. The largest absolute Gasteiger partial charge is 0.352 e. The second-order valence-corrected chi connectivity index (χ2v) is 7.61. The molecule has 1 aliphatic carbocycles. The summed E-state index contributed by atoms with van der Waals surface area (Å²) in [5.74, 6) is -0.553. The molecule has 0 radical (unpaired) electrons. The molecule has 1 aliphatic heterocycles. The second-order valence-electron chi connectivity index (χ2n) is 7.61. The Kier molecular flexibility index (Phi) is 5.48. The number of nitrogens with zero attached hydrogens (tertiary/aromatic N) is 1. The van der Waals surface area contributed by atoms with E-state index in [2.05, 4.69) is 17.6 Å². The number of hydrogen-bond donors (Lipinski definition) is 2. The number of urea groups is 1. The van der Waals surface area contributed by atoms with E-state index >= 15 is 0 Å².